The maximum atomic E-state index is 13.3. The molecular formula is C30H22F6N8OS. The minimum atomic E-state index is -5.97. The van der Waals surface area contributed by atoms with Crippen molar-refractivity contribution in [2.24, 2.45) is 0 Å². The summed E-state index contributed by atoms with van der Waals surface area (Å²) in [5.41, 5.74) is -2.58. The molecule has 0 amide bonds. The van der Waals surface area contributed by atoms with Crippen LogP contribution in [0.2, 0.25) is 0 Å². The molecule has 0 bridgehead atoms. The van der Waals surface area contributed by atoms with Crippen LogP contribution in [0.3, 0.4) is 0 Å². The molecule has 3 N–H and O–H groups in total. The zero-order valence-electron chi connectivity index (χ0n) is 23.6. The van der Waals surface area contributed by atoms with Crippen LogP contribution >= 0.6 is 11.9 Å². The lowest BCUT2D eigenvalue weighted by Crippen LogP contribution is -2.59. The van der Waals surface area contributed by atoms with Gasteiger partial charge >= 0.3 is 12.4 Å². The van der Waals surface area contributed by atoms with Gasteiger partial charge in [-0.25, -0.2) is 15.0 Å². The fourth-order valence-electron chi connectivity index (χ4n) is 4.79. The third-order valence-electron chi connectivity index (χ3n) is 7.27. The van der Waals surface area contributed by atoms with Gasteiger partial charge in [0.1, 0.15) is 5.82 Å². The van der Waals surface area contributed by atoms with Gasteiger partial charge in [0.05, 0.1) is 24.0 Å². The summed E-state index contributed by atoms with van der Waals surface area (Å²) in [6.45, 7) is -0.185. The van der Waals surface area contributed by atoms with Crippen molar-refractivity contribution in [2.45, 2.75) is 36.3 Å². The molecule has 0 aliphatic heterocycles. The molecular weight excluding hydrogens is 634 g/mol. The van der Waals surface area contributed by atoms with E-state index in [0.717, 1.165) is 16.0 Å². The Labute approximate surface area is 260 Å². The quantitative estimate of drug-likeness (QED) is 0.113. The summed E-state index contributed by atoms with van der Waals surface area (Å²) in [4.78, 5) is 18.2. The Balaban J connectivity index is 1.27. The van der Waals surface area contributed by atoms with Crippen LogP contribution in [0.25, 0.3) is 32.9 Å². The Morgan fingerprint density at radius 1 is 0.826 bits per heavy atom. The first-order chi connectivity index (χ1) is 21.8. The molecule has 16 heteroatoms. The number of aromatic nitrogens is 6. The first-order valence-corrected chi connectivity index (χ1v) is 14.3. The van der Waals surface area contributed by atoms with Gasteiger partial charge < -0.3 is 10.4 Å². The van der Waals surface area contributed by atoms with Crippen molar-refractivity contribution in [3.8, 4) is 11.3 Å². The fourth-order valence-corrected chi connectivity index (χ4v) is 5.38. The monoisotopic (exact) mass is 656 g/mol. The van der Waals surface area contributed by atoms with Crippen LogP contribution in [0.4, 0.5) is 43.8 Å². The van der Waals surface area contributed by atoms with Crippen LogP contribution in [0.15, 0.2) is 90.5 Å². The number of pyridine rings is 2. The summed E-state index contributed by atoms with van der Waals surface area (Å²) in [7, 11) is 0. The van der Waals surface area contributed by atoms with E-state index in [9.17, 15) is 31.4 Å². The Kier molecular flexibility index (Phi) is 7.93. The molecule has 46 heavy (non-hydrogen) atoms. The summed E-state index contributed by atoms with van der Waals surface area (Å²) < 4.78 is 83.6. The van der Waals surface area contributed by atoms with Crippen molar-refractivity contribution in [1.82, 2.24) is 29.7 Å². The standard InChI is InChI=1S/C30H22F6N8OS/c1-17-21(7-8-24-23(17)15-41-44(24)16-28(45,29(31,32)33)30(34,35)36)26-22-13-25(40-14-18(22)9-12-37-26)42-19-3-5-20(6-4-19)46-43-27-38-10-2-11-39-27/h2-15,45H,16H2,1H3,(H,40,42)(H,38,39,43). The second-order valence-electron chi connectivity index (χ2n) is 10.2. The zero-order chi connectivity index (χ0) is 32.7. The largest absolute Gasteiger partial charge is 0.428 e. The van der Waals surface area contributed by atoms with E-state index in [4.69, 9.17) is 0 Å². The smallest absolute Gasteiger partial charge is 0.372 e. The molecule has 2 aromatic carbocycles. The van der Waals surface area contributed by atoms with Gasteiger partial charge in [0.2, 0.25) is 5.95 Å². The lowest BCUT2D eigenvalue weighted by Gasteiger charge is -2.32. The van der Waals surface area contributed by atoms with Gasteiger partial charge in [-0.3, -0.25) is 14.4 Å². The van der Waals surface area contributed by atoms with Gasteiger partial charge in [-0.2, -0.15) is 31.4 Å². The molecule has 9 nitrogen and oxygen atoms in total. The molecule has 0 spiro atoms. The number of rotatable bonds is 8. The number of benzene rings is 2. The van der Waals surface area contributed by atoms with Gasteiger partial charge in [-0.15, -0.1) is 0 Å². The third kappa shape index (κ3) is 5.88. The van der Waals surface area contributed by atoms with E-state index in [1.54, 1.807) is 56.0 Å². The summed E-state index contributed by atoms with van der Waals surface area (Å²) in [5.74, 6) is 1.00. The number of nitrogens with zero attached hydrogens (tertiary/aromatic N) is 6. The van der Waals surface area contributed by atoms with Crippen LogP contribution in [-0.2, 0) is 6.54 Å². The normalized spacial score (nSPS) is 12.5. The number of aliphatic hydroxyl groups is 1. The van der Waals surface area contributed by atoms with Crippen molar-refractivity contribution >= 4 is 51.1 Å². The van der Waals surface area contributed by atoms with Crippen molar-refractivity contribution in [1.29, 1.82) is 0 Å². The van der Waals surface area contributed by atoms with Gasteiger partial charge in [0.25, 0.3) is 5.60 Å². The van der Waals surface area contributed by atoms with Crippen molar-refractivity contribution in [3.05, 3.63) is 91.1 Å². The maximum Gasteiger partial charge on any atom is 0.428 e. The SMILES string of the molecule is Cc1c(-c2nccc3cnc(Nc4ccc(SNc5ncccn5)cc4)cc23)ccc2c1cnn2CC(O)(C(F)(F)F)C(F)(F)F. The fraction of sp³-hybridized carbons (Fsp3) is 0.167. The number of halogens is 6. The lowest BCUT2D eigenvalue weighted by atomic mass is 9.98. The summed E-state index contributed by atoms with van der Waals surface area (Å²) in [6, 6.07) is 15.8. The average Bonchev–Trinajstić information content (AvgIpc) is 3.43. The van der Waals surface area contributed by atoms with E-state index in [1.165, 1.54) is 24.2 Å². The van der Waals surface area contributed by atoms with E-state index in [2.05, 4.69) is 35.1 Å². The molecule has 0 radical (unpaired) electrons. The molecule has 236 valence electrons. The third-order valence-corrected chi connectivity index (χ3v) is 8.06. The highest BCUT2D eigenvalue weighted by Crippen LogP contribution is 2.44. The Morgan fingerprint density at radius 2 is 1.54 bits per heavy atom. The molecule has 4 heterocycles. The molecule has 6 aromatic rings. The molecule has 0 aliphatic carbocycles. The van der Waals surface area contributed by atoms with Gasteiger partial charge in [-0.05, 0) is 73.0 Å². The summed E-state index contributed by atoms with van der Waals surface area (Å²) in [5, 5.41) is 18.5. The average molecular weight is 657 g/mol. The highest BCUT2D eigenvalue weighted by molar-refractivity contribution is 8.00. The molecule has 0 unspecified atom stereocenters. The lowest BCUT2D eigenvalue weighted by molar-refractivity contribution is -0.372. The molecule has 6 rings (SSSR count). The van der Waals surface area contributed by atoms with Crippen LogP contribution in [0.5, 0.6) is 0 Å². The van der Waals surface area contributed by atoms with Crippen LogP contribution in [0.1, 0.15) is 5.56 Å². The highest BCUT2D eigenvalue weighted by atomic mass is 32.2. The molecule has 0 aliphatic rings. The molecule has 0 fully saturated rings. The molecule has 0 atom stereocenters. The highest BCUT2D eigenvalue weighted by Gasteiger charge is 2.70. The summed E-state index contributed by atoms with van der Waals surface area (Å²) in [6.07, 6.45) is -4.25. The van der Waals surface area contributed by atoms with Crippen molar-refractivity contribution in [3.63, 3.8) is 0 Å². The van der Waals surface area contributed by atoms with Gasteiger partial charge in [0.15, 0.2) is 0 Å². The topological polar surface area (TPSA) is 114 Å². The summed E-state index contributed by atoms with van der Waals surface area (Å²) >= 11 is 1.35. The van der Waals surface area contributed by atoms with E-state index < -0.39 is 24.5 Å². The Morgan fingerprint density at radius 3 is 2.24 bits per heavy atom. The number of hydrogen-bond acceptors (Lipinski definition) is 9. The second-order valence-corrected chi connectivity index (χ2v) is 11.1. The number of hydrogen-bond donors (Lipinski definition) is 3. The Bertz CT molecular complexity index is 2000. The molecule has 4 aromatic heterocycles. The van der Waals surface area contributed by atoms with Crippen molar-refractivity contribution in [2.75, 3.05) is 10.0 Å². The van der Waals surface area contributed by atoms with E-state index in [0.29, 0.717) is 44.0 Å². The van der Waals surface area contributed by atoms with Gasteiger partial charge in [-0.1, -0.05) is 6.07 Å². The van der Waals surface area contributed by atoms with Crippen LogP contribution in [-0.4, -0.2) is 52.8 Å². The number of aryl methyl sites for hydroxylation is 1. The number of alkyl halides is 6. The maximum absolute atomic E-state index is 13.3. The first-order valence-electron chi connectivity index (χ1n) is 13.5. The van der Waals surface area contributed by atoms with Crippen LogP contribution < -0.4 is 10.0 Å². The second kappa shape index (κ2) is 11.8. The van der Waals surface area contributed by atoms with E-state index in [-0.39, 0.29) is 5.52 Å². The minimum Gasteiger partial charge on any atom is -0.372 e. The molecule has 0 saturated heterocycles. The predicted molar refractivity (Wildman–Crippen MR) is 161 cm³/mol. The van der Waals surface area contributed by atoms with Crippen molar-refractivity contribution < 1.29 is 31.4 Å². The number of fused-ring (bicyclic) bond motifs is 2. The minimum absolute atomic E-state index is 0.00876. The predicted octanol–water partition coefficient (Wildman–Crippen LogP) is 7.46. The van der Waals surface area contributed by atoms with E-state index in [1.807, 2.05) is 24.3 Å². The number of anilines is 3. The molecule has 0 saturated carbocycles. The van der Waals surface area contributed by atoms with E-state index >= 15 is 0 Å². The zero-order valence-corrected chi connectivity index (χ0v) is 24.4. The van der Waals surface area contributed by atoms with Gasteiger partial charge in [0, 0.05) is 57.1 Å². The Hall–Kier alpha value is -4.96. The number of nitrogens with one attached hydrogen (secondary N) is 2. The van der Waals surface area contributed by atoms with Crippen LogP contribution in [0, 0.1) is 6.92 Å². The first kappa shape index (κ1) is 31.0.